The molecule has 0 radical (unpaired) electrons. The first-order valence-electron chi connectivity index (χ1n) is 6.18. The predicted octanol–water partition coefficient (Wildman–Crippen LogP) is 0.656. The lowest BCUT2D eigenvalue weighted by atomic mass is 9.96. The second-order valence-electron chi connectivity index (χ2n) is 5.24. The zero-order valence-corrected chi connectivity index (χ0v) is 11.0. The Hall–Kier alpha value is -0.130. The van der Waals surface area contributed by atoms with Crippen LogP contribution in [-0.4, -0.2) is 44.7 Å². The molecule has 0 aromatic rings. The molecule has 5 heteroatoms. The monoisotopic (exact) mass is 246 g/mol. The smallest absolute Gasteiger partial charge is 0.214 e. The molecule has 94 valence electrons. The van der Waals surface area contributed by atoms with Gasteiger partial charge in [-0.3, -0.25) is 0 Å². The summed E-state index contributed by atoms with van der Waals surface area (Å²) in [5.41, 5.74) is 0. The van der Waals surface area contributed by atoms with Crippen molar-refractivity contribution in [2.24, 2.45) is 11.8 Å². The van der Waals surface area contributed by atoms with Crippen LogP contribution in [0.5, 0.6) is 0 Å². The average molecular weight is 246 g/mol. The van der Waals surface area contributed by atoms with E-state index in [0.29, 0.717) is 36.7 Å². The molecule has 0 spiro atoms. The van der Waals surface area contributed by atoms with Gasteiger partial charge in [-0.05, 0) is 38.1 Å². The molecular weight excluding hydrogens is 224 g/mol. The molecule has 0 bridgehead atoms. The number of rotatable bonds is 4. The van der Waals surface area contributed by atoms with E-state index in [0.717, 1.165) is 19.3 Å². The van der Waals surface area contributed by atoms with Crippen molar-refractivity contribution in [3.8, 4) is 0 Å². The summed E-state index contributed by atoms with van der Waals surface area (Å²) in [5, 5.41) is 3.26. The van der Waals surface area contributed by atoms with Crippen LogP contribution in [0, 0.1) is 11.8 Å². The normalized spacial score (nSPS) is 32.9. The van der Waals surface area contributed by atoms with E-state index in [-0.39, 0.29) is 0 Å². The van der Waals surface area contributed by atoms with Crippen LogP contribution in [0.4, 0.5) is 0 Å². The van der Waals surface area contributed by atoms with Crippen molar-refractivity contribution in [3.63, 3.8) is 0 Å². The summed E-state index contributed by atoms with van der Waals surface area (Å²) >= 11 is 0. The first kappa shape index (κ1) is 12.3. The summed E-state index contributed by atoms with van der Waals surface area (Å²) in [7, 11) is -1.03. The largest absolute Gasteiger partial charge is 0.317 e. The number of nitrogens with zero attached hydrogens (tertiary/aromatic N) is 1. The quantitative estimate of drug-likeness (QED) is 0.792. The van der Waals surface area contributed by atoms with Crippen molar-refractivity contribution in [2.45, 2.75) is 32.2 Å². The highest BCUT2D eigenvalue weighted by Gasteiger charge is 2.35. The van der Waals surface area contributed by atoms with E-state index in [2.05, 4.69) is 12.2 Å². The molecule has 1 saturated heterocycles. The van der Waals surface area contributed by atoms with Gasteiger partial charge in [-0.15, -0.1) is 0 Å². The molecule has 1 N–H and O–H groups in total. The third kappa shape index (κ3) is 2.76. The Morgan fingerprint density at radius 3 is 2.50 bits per heavy atom. The topological polar surface area (TPSA) is 49.4 Å². The molecule has 2 unspecified atom stereocenters. The maximum atomic E-state index is 12.1. The van der Waals surface area contributed by atoms with Crippen LogP contribution < -0.4 is 5.32 Å². The van der Waals surface area contributed by atoms with Crippen molar-refractivity contribution in [1.82, 2.24) is 9.62 Å². The lowest BCUT2D eigenvalue weighted by Gasteiger charge is -2.36. The van der Waals surface area contributed by atoms with Crippen molar-refractivity contribution < 1.29 is 8.42 Å². The molecule has 1 heterocycles. The van der Waals surface area contributed by atoms with Crippen LogP contribution in [0.25, 0.3) is 0 Å². The molecule has 2 fully saturated rings. The van der Waals surface area contributed by atoms with Crippen molar-refractivity contribution in [3.05, 3.63) is 0 Å². The lowest BCUT2D eigenvalue weighted by molar-refractivity contribution is 0.228. The van der Waals surface area contributed by atoms with E-state index < -0.39 is 10.0 Å². The fourth-order valence-electron chi connectivity index (χ4n) is 2.48. The Bertz CT molecular complexity index is 338. The third-order valence-corrected chi connectivity index (χ3v) is 5.79. The second-order valence-corrected chi connectivity index (χ2v) is 7.25. The number of sulfonamides is 1. The summed E-state index contributed by atoms with van der Waals surface area (Å²) in [5.74, 6) is 1.24. The fourth-order valence-corrected chi connectivity index (χ4v) is 4.46. The first-order chi connectivity index (χ1) is 7.53. The van der Waals surface area contributed by atoms with Crippen LogP contribution >= 0.6 is 0 Å². The van der Waals surface area contributed by atoms with Gasteiger partial charge in [0.1, 0.15) is 0 Å². The zero-order chi connectivity index (χ0) is 11.8. The SMILES string of the molecule is CNC1CCN(S(=O)(=O)CC2CC2)CC1C. The standard InChI is InChI=1S/C11H22N2O2S/c1-9-7-13(6-5-11(9)12-2)16(14,15)8-10-3-4-10/h9-12H,3-8H2,1-2H3. The molecule has 1 aliphatic heterocycles. The number of hydrogen-bond donors (Lipinski definition) is 1. The third-order valence-electron chi connectivity index (χ3n) is 3.78. The molecule has 4 nitrogen and oxygen atoms in total. The summed E-state index contributed by atoms with van der Waals surface area (Å²) in [6.07, 6.45) is 3.13. The molecule has 2 rings (SSSR count). The Labute approximate surface area is 98.4 Å². The van der Waals surface area contributed by atoms with Gasteiger partial charge in [-0.2, -0.15) is 0 Å². The highest BCUT2D eigenvalue weighted by Crippen LogP contribution is 2.32. The van der Waals surface area contributed by atoms with Gasteiger partial charge in [0, 0.05) is 19.1 Å². The van der Waals surface area contributed by atoms with E-state index in [1.54, 1.807) is 4.31 Å². The van der Waals surface area contributed by atoms with Gasteiger partial charge >= 0.3 is 0 Å². The molecule has 2 atom stereocenters. The molecule has 0 aromatic heterocycles. The summed E-state index contributed by atoms with van der Waals surface area (Å²) in [6, 6.07) is 0.465. The zero-order valence-electron chi connectivity index (χ0n) is 10.1. The van der Waals surface area contributed by atoms with Gasteiger partial charge in [0.05, 0.1) is 5.75 Å². The second kappa shape index (κ2) is 4.63. The van der Waals surface area contributed by atoms with Crippen LogP contribution in [0.15, 0.2) is 0 Å². The minimum atomic E-state index is -2.98. The molecule has 1 aliphatic carbocycles. The van der Waals surface area contributed by atoms with Crippen molar-refractivity contribution >= 4 is 10.0 Å². The molecule has 16 heavy (non-hydrogen) atoms. The van der Waals surface area contributed by atoms with Gasteiger partial charge in [0.2, 0.25) is 10.0 Å². The summed E-state index contributed by atoms with van der Waals surface area (Å²) < 4.78 is 25.9. The molecular formula is C11H22N2O2S. The number of piperidine rings is 1. The number of hydrogen-bond acceptors (Lipinski definition) is 3. The minimum absolute atomic E-state index is 0.379. The molecule has 0 amide bonds. The molecule has 0 aromatic carbocycles. The number of nitrogens with one attached hydrogen (secondary N) is 1. The highest BCUT2D eigenvalue weighted by atomic mass is 32.2. The van der Waals surface area contributed by atoms with Crippen LogP contribution in [0.3, 0.4) is 0 Å². The Morgan fingerprint density at radius 2 is 2.00 bits per heavy atom. The Balaban J connectivity index is 1.95. The Morgan fingerprint density at radius 1 is 1.31 bits per heavy atom. The van der Waals surface area contributed by atoms with Crippen LogP contribution in [0.1, 0.15) is 26.2 Å². The summed E-state index contributed by atoms with van der Waals surface area (Å²) in [4.78, 5) is 0. The van der Waals surface area contributed by atoms with Gasteiger partial charge in [0.25, 0.3) is 0 Å². The maximum Gasteiger partial charge on any atom is 0.214 e. The van der Waals surface area contributed by atoms with Gasteiger partial charge in [-0.1, -0.05) is 6.92 Å². The van der Waals surface area contributed by atoms with Crippen molar-refractivity contribution in [1.29, 1.82) is 0 Å². The predicted molar refractivity (Wildman–Crippen MR) is 64.7 cm³/mol. The van der Waals surface area contributed by atoms with E-state index in [9.17, 15) is 8.42 Å². The average Bonchev–Trinajstić information content (AvgIpc) is 3.01. The van der Waals surface area contributed by atoms with Gasteiger partial charge in [-0.25, -0.2) is 12.7 Å². The van der Waals surface area contributed by atoms with E-state index >= 15 is 0 Å². The molecule has 2 aliphatic rings. The van der Waals surface area contributed by atoms with E-state index in [4.69, 9.17) is 0 Å². The van der Waals surface area contributed by atoms with Crippen LogP contribution in [0.2, 0.25) is 0 Å². The minimum Gasteiger partial charge on any atom is -0.317 e. The highest BCUT2D eigenvalue weighted by molar-refractivity contribution is 7.89. The Kier molecular flexibility index (Phi) is 3.56. The van der Waals surface area contributed by atoms with Gasteiger partial charge in [0.15, 0.2) is 0 Å². The van der Waals surface area contributed by atoms with Gasteiger partial charge < -0.3 is 5.32 Å². The molecule has 1 saturated carbocycles. The fraction of sp³-hybridized carbons (Fsp3) is 1.00. The summed E-state index contributed by atoms with van der Waals surface area (Å²) in [6.45, 7) is 3.49. The maximum absolute atomic E-state index is 12.1. The lowest BCUT2D eigenvalue weighted by Crippen LogP contribution is -2.49. The first-order valence-corrected chi connectivity index (χ1v) is 7.79. The van der Waals surface area contributed by atoms with Crippen LogP contribution in [-0.2, 0) is 10.0 Å². The van der Waals surface area contributed by atoms with E-state index in [1.165, 1.54) is 0 Å². The van der Waals surface area contributed by atoms with Crippen molar-refractivity contribution in [2.75, 3.05) is 25.9 Å². The van der Waals surface area contributed by atoms with E-state index in [1.807, 2.05) is 7.05 Å².